The second-order valence-electron chi connectivity index (χ2n) is 17.4. The number of rotatable bonds is 8. The van der Waals surface area contributed by atoms with Crippen molar-refractivity contribution in [3.63, 3.8) is 0 Å². The van der Waals surface area contributed by atoms with Crippen molar-refractivity contribution in [1.29, 1.82) is 0 Å². The molecule has 3 aromatic heterocycles. The Balaban J connectivity index is 1.14. The summed E-state index contributed by atoms with van der Waals surface area (Å²) in [5, 5.41) is 4.85. The summed E-state index contributed by atoms with van der Waals surface area (Å²) in [6.07, 6.45) is 0. The molecule has 318 valence electrons. The topological polar surface area (TPSA) is 35.6 Å². The lowest BCUT2D eigenvalue weighted by atomic mass is 9.91. The summed E-state index contributed by atoms with van der Waals surface area (Å²) >= 11 is 0. The van der Waals surface area contributed by atoms with Gasteiger partial charge in [0.05, 0.1) is 39.1 Å². The van der Waals surface area contributed by atoms with Gasteiger partial charge in [-0.15, -0.1) is 0 Å². The van der Waals surface area contributed by atoms with Crippen molar-refractivity contribution in [2.75, 3.05) is 0 Å². The number of benzene rings is 10. The van der Waals surface area contributed by atoms with Crippen LogP contribution in [0.15, 0.2) is 255 Å². The zero-order valence-electron chi connectivity index (χ0n) is 37.0. The Bertz CT molecular complexity index is 3820. The lowest BCUT2D eigenvalue weighted by molar-refractivity contribution is 1.16. The lowest BCUT2D eigenvalue weighted by Crippen LogP contribution is -2.03. The first-order valence-electron chi connectivity index (χ1n) is 23.2. The van der Waals surface area contributed by atoms with E-state index in [1.807, 2.05) is 24.3 Å². The Morgan fingerprint density at radius 2 is 0.706 bits per heavy atom. The summed E-state index contributed by atoms with van der Waals surface area (Å²) in [4.78, 5) is 10.5. The van der Waals surface area contributed by atoms with Gasteiger partial charge >= 0.3 is 0 Å². The highest BCUT2D eigenvalue weighted by atomic mass is 15.0. The fourth-order valence-electron chi connectivity index (χ4n) is 10.2. The molecule has 0 spiro atoms. The monoisotopic (exact) mass is 866 g/mol. The highest BCUT2D eigenvalue weighted by Gasteiger charge is 2.24. The molecule has 68 heavy (non-hydrogen) atoms. The first-order valence-corrected chi connectivity index (χ1v) is 23.2. The fraction of sp³-hybridized carbons (Fsp3) is 0. The van der Waals surface area contributed by atoms with Crippen molar-refractivity contribution < 1.29 is 0 Å². The van der Waals surface area contributed by atoms with Gasteiger partial charge in [0, 0.05) is 55.0 Å². The Morgan fingerprint density at radius 3 is 1.28 bits per heavy atom. The molecule has 0 radical (unpaired) electrons. The van der Waals surface area contributed by atoms with E-state index in [1.165, 1.54) is 38.1 Å². The van der Waals surface area contributed by atoms with Gasteiger partial charge in [0.15, 0.2) is 5.82 Å². The van der Waals surface area contributed by atoms with E-state index in [9.17, 15) is 0 Å². The maximum absolute atomic E-state index is 5.36. The lowest BCUT2D eigenvalue weighted by Gasteiger charge is -2.21. The molecule has 3 heterocycles. The van der Waals surface area contributed by atoms with Gasteiger partial charge in [-0.2, -0.15) is 0 Å². The van der Waals surface area contributed by atoms with Crippen LogP contribution in [0, 0.1) is 0 Å². The molecule has 0 aliphatic heterocycles. The molecule has 10 aromatic carbocycles. The fourth-order valence-corrected chi connectivity index (χ4v) is 10.2. The molecule has 0 aliphatic rings. The molecule has 13 aromatic rings. The van der Waals surface area contributed by atoms with Crippen LogP contribution in [0.4, 0.5) is 0 Å². The van der Waals surface area contributed by atoms with E-state index in [-0.39, 0.29) is 0 Å². The third-order valence-electron chi connectivity index (χ3n) is 13.3. The van der Waals surface area contributed by atoms with E-state index in [0.29, 0.717) is 5.82 Å². The van der Waals surface area contributed by atoms with E-state index in [4.69, 9.17) is 9.97 Å². The van der Waals surface area contributed by atoms with Crippen molar-refractivity contribution in [2.45, 2.75) is 0 Å². The second kappa shape index (κ2) is 16.4. The Labute approximate surface area is 394 Å². The van der Waals surface area contributed by atoms with E-state index >= 15 is 0 Å². The summed E-state index contributed by atoms with van der Waals surface area (Å²) in [6, 6.07) is 91.4. The maximum atomic E-state index is 5.36. The number of para-hydroxylation sites is 2. The van der Waals surface area contributed by atoms with Crippen molar-refractivity contribution in [3.05, 3.63) is 255 Å². The van der Waals surface area contributed by atoms with Crippen LogP contribution in [0.5, 0.6) is 0 Å². The molecule has 13 rings (SSSR count). The molecule has 0 bridgehead atoms. The third-order valence-corrected chi connectivity index (χ3v) is 13.3. The molecule has 4 heteroatoms. The van der Waals surface area contributed by atoms with Crippen molar-refractivity contribution >= 4 is 43.6 Å². The normalized spacial score (nSPS) is 11.5. The Kier molecular flexibility index (Phi) is 9.47. The van der Waals surface area contributed by atoms with Gasteiger partial charge in [-0.25, -0.2) is 9.97 Å². The average Bonchev–Trinajstić information content (AvgIpc) is 3.93. The van der Waals surface area contributed by atoms with E-state index in [1.54, 1.807) is 0 Å². The van der Waals surface area contributed by atoms with Crippen molar-refractivity contribution in [2.24, 2.45) is 0 Å². The quantitative estimate of drug-likeness (QED) is 0.153. The standard InChI is InChI=1S/C64H42N4/c1-6-20-43(21-7-1)48-34-36-53-56-41-50(67-59-32-18-16-30-51(59)52-31-17-19-33-60(52)67)35-37-61(56)68(62(53)40-48)63-54(44-22-8-2-9-23-44)38-49(39-55(63)45-24-10-3-11-25-45)58-42-57(46-26-12-4-13-27-46)65-64(66-58)47-28-14-5-15-29-47/h1-42H. The van der Waals surface area contributed by atoms with Crippen LogP contribution < -0.4 is 0 Å². The van der Waals surface area contributed by atoms with Gasteiger partial charge in [0.2, 0.25) is 0 Å². The largest absolute Gasteiger partial charge is 0.309 e. The summed E-state index contributed by atoms with van der Waals surface area (Å²) < 4.78 is 4.94. The molecule has 0 amide bonds. The number of hydrogen-bond donors (Lipinski definition) is 0. The summed E-state index contributed by atoms with van der Waals surface area (Å²) in [5.41, 5.74) is 18.3. The maximum Gasteiger partial charge on any atom is 0.160 e. The summed E-state index contributed by atoms with van der Waals surface area (Å²) in [7, 11) is 0. The highest BCUT2D eigenvalue weighted by molar-refractivity contribution is 6.14. The van der Waals surface area contributed by atoms with Crippen molar-refractivity contribution in [1.82, 2.24) is 19.1 Å². The number of fused-ring (bicyclic) bond motifs is 6. The van der Waals surface area contributed by atoms with Crippen LogP contribution in [0.3, 0.4) is 0 Å². The number of hydrogen-bond acceptors (Lipinski definition) is 2. The van der Waals surface area contributed by atoms with Gasteiger partial charge in [-0.05, 0) is 76.9 Å². The van der Waals surface area contributed by atoms with Gasteiger partial charge in [0.1, 0.15) is 0 Å². The zero-order chi connectivity index (χ0) is 45.0. The third kappa shape index (κ3) is 6.69. The SMILES string of the molecule is c1ccc(-c2ccc3c4cc(-n5c6ccccc6c6ccccc65)ccc4n(-c4c(-c5ccccc5)cc(-c5cc(-c6ccccc6)nc(-c6ccccc6)n5)cc4-c4ccccc4)c3c2)cc1. The molecule has 0 fully saturated rings. The molecular weight excluding hydrogens is 825 g/mol. The first-order chi connectivity index (χ1) is 33.7. The summed E-state index contributed by atoms with van der Waals surface area (Å²) in [5.74, 6) is 0.684. The van der Waals surface area contributed by atoms with Crippen LogP contribution in [-0.2, 0) is 0 Å². The Morgan fingerprint density at radius 1 is 0.250 bits per heavy atom. The van der Waals surface area contributed by atoms with E-state index in [0.717, 1.165) is 78.3 Å². The molecule has 0 atom stereocenters. The predicted molar refractivity (Wildman–Crippen MR) is 283 cm³/mol. The average molecular weight is 867 g/mol. The van der Waals surface area contributed by atoms with Crippen molar-refractivity contribution in [3.8, 4) is 78.7 Å². The van der Waals surface area contributed by atoms with Crippen LogP contribution in [0.2, 0.25) is 0 Å². The number of aromatic nitrogens is 4. The van der Waals surface area contributed by atoms with E-state index < -0.39 is 0 Å². The molecule has 0 unspecified atom stereocenters. The van der Waals surface area contributed by atoms with Gasteiger partial charge in [0.25, 0.3) is 0 Å². The van der Waals surface area contributed by atoms with Crippen LogP contribution >= 0.6 is 0 Å². The Hall–Kier alpha value is -9.12. The minimum Gasteiger partial charge on any atom is -0.309 e. The van der Waals surface area contributed by atoms with Gasteiger partial charge in [-0.1, -0.05) is 200 Å². The molecule has 0 aliphatic carbocycles. The minimum atomic E-state index is 0.684. The predicted octanol–water partition coefficient (Wildman–Crippen LogP) is 16.7. The van der Waals surface area contributed by atoms with Crippen LogP contribution in [-0.4, -0.2) is 19.1 Å². The minimum absolute atomic E-state index is 0.684. The first kappa shape index (κ1) is 39.3. The van der Waals surface area contributed by atoms with E-state index in [2.05, 4.69) is 240 Å². The zero-order valence-corrected chi connectivity index (χ0v) is 37.0. The van der Waals surface area contributed by atoms with Gasteiger partial charge < -0.3 is 9.13 Å². The summed E-state index contributed by atoms with van der Waals surface area (Å²) in [6.45, 7) is 0. The molecule has 4 nitrogen and oxygen atoms in total. The van der Waals surface area contributed by atoms with Crippen LogP contribution in [0.25, 0.3) is 122 Å². The molecular formula is C64H42N4. The second-order valence-corrected chi connectivity index (χ2v) is 17.4. The van der Waals surface area contributed by atoms with Gasteiger partial charge in [-0.3, -0.25) is 0 Å². The number of nitrogens with zero attached hydrogens (tertiary/aromatic N) is 4. The molecule has 0 saturated heterocycles. The molecule has 0 N–H and O–H groups in total. The highest BCUT2D eigenvalue weighted by Crippen LogP contribution is 2.45. The van der Waals surface area contributed by atoms with Crippen LogP contribution in [0.1, 0.15) is 0 Å². The molecule has 0 saturated carbocycles. The smallest absolute Gasteiger partial charge is 0.160 e.